The van der Waals surface area contributed by atoms with Crippen molar-refractivity contribution >= 4 is 11.3 Å². The van der Waals surface area contributed by atoms with E-state index in [1.165, 1.54) is 30.0 Å². The van der Waals surface area contributed by atoms with Crippen LogP contribution in [-0.2, 0) is 10.2 Å². The molecule has 0 spiro atoms. The van der Waals surface area contributed by atoms with E-state index in [1.54, 1.807) is 11.3 Å². The molecule has 1 saturated carbocycles. The monoisotopic (exact) mass is 238 g/mol. The fraction of sp³-hybridized carbons (Fsp3) is 0.750. The van der Waals surface area contributed by atoms with Gasteiger partial charge in [0.1, 0.15) is 0 Å². The molecule has 2 heterocycles. The van der Waals surface area contributed by atoms with Crippen LogP contribution in [0, 0.1) is 0 Å². The van der Waals surface area contributed by atoms with Crippen molar-refractivity contribution in [2.45, 2.75) is 37.0 Å². The van der Waals surface area contributed by atoms with E-state index in [2.05, 4.69) is 5.38 Å². The van der Waals surface area contributed by atoms with Crippen LogP contribution in [0.4, 0.5) is 0 Å². The average molecular weight is 238 g/mol. The van der Waals surface area contributed by atoms with Gasteiger partial charge in [-0.3, -0.25) is 0 Å². The number of ether oxygens (including phenoxy) is 1. The van der Waals surface area contributed by atoms with E-state index in [1.807, 2.05) is 0 Å². The van der Waals surface area contributed by atoms with E-state index in [-0.39, 0.29) is 5.41 Å². The number of hydrogen-bond acceptors (Lipinski definition) is 4. The first-order valence-electron chi connectivity index (χ1n) is 6.08. The summed E-state index contributed by atoms with van der Waals surface area (Å²) in [5.74, 6) is 0.536. The van der Waals surface area contributed by atoms with Gasteiger partial charge in [0.05, 0.1) is 17.3 Å². The fourth-order valence-corrected chi connectivity index (χ4v) is 3.68. The highest BCUT2D eigenvalue weighted by Gasteiger charge is 2.39. The van der Waals surface area contributed by atoms with E-state index in [4.69, 9.17) is 15.5 Å². The highest BCUT2D eigenvalue weighted by Crippen LogP contribution is 2.43. The summed E-state index contributed by atoms with van der Waals surface area (Å²) in [5, 5.41) is 3.48. The Morgan fingerprint density at radius 1 is 1.56 bits per heavy atom. The number of hydrogen-bond donors (Lipinski definition) is 1. The van der Waals surface area contributed by atoms with Crippen molar-refractivity contribution in [2.75, 3.05) is 19.8 Å². The van der Waals surface area contributed by atoms with Crippen molar-refractivity contribution in [3.8, 4) is 0 Å². The van der Waals surface area contributed by atoms with E-state index < -0.39 is 0 Å². The number of aromatic nitrogens is 1. The van der Waals surface area contributed by atoms with Crippen LogP contribution in [0.15, 0.2) is 5.38 Å². The average Bonchev–Trinajstić information content (AvgIpc) is 2.86. The maximum Gasteiger partial charge on any atom is 0.0983 e. The molecule has 0 amide bonds. The van der Waals surface area contributed by atoms with Crippen molar-refractivity contribution in [3.05, 3.63) is 16.1 Å². The van der Waals surface area contributed by atoms with E-state index in [0.717, 1.165) is 26.2 Å². The minimum absolute atomic E-state index is 0.216. The van der Waals surface area contributed by atoms with Crippen molar-refractivity contribution in [2.24, 2.45) is 5.73 Å². The molecule has 4 heteroatoms. The summed E-state index contributed by atoms with van der Waals surface area (Å²) in [6.45, 7) is 2.49. The third kappa shape index (κ3) is 1.60. The van der Waals surface area contributed by atoms with Crippen LogP contribution in [0.5, 0.6) is 0 Å². The standard InChI is InChI=1S/C12H18N2OS/c13-8-12(3-1-4-12)10-7-16-11(14-10)9-2-5-15-6-9/h7,9H,1-6,8,13H2. The van der Waals surface area contributed by atoms with E-state index >= 15 is 0 Å². The molecule has 1 atom stereocenters. The first-order chi connectivity index (χ1) is 7.84. The van der Waals surface area contributed by atoms with E-state index in [0.29, 0.717) is 5.92 Å². The molecule has 0 bridgehead atoms. The molecule has 3 nitrogen and oxygen atoms in total. The van der Waals surface area contributed by atoms with Gasteiger partial charge in [-0.2, -0.15) is 0 Å². The lowest BCUT2D eigenvalue weighted by Crippen LogP contribution is -2.41. The van der Waals surface area contributed by atoms with Crippen LogP contribution >= 0.6 is 11.3 Å². The van der Waals surface area contributed by atoms with Crippen LogP contribution in [0.2, 0.25) is 0 Å². The molecule has 88 valence electrons. The molecule has 1 aromatic heterocycles. The molecule has 0 radical (unpaired) electrons. The number of nitrogens with two attached hydrogens (primary N) is 1. The second-order valence-electron chi connectivity index (χ2n) is 4.97. The predicted octanol–water partition coefficient (Wildman–Crippen LogP) is 2.03. The van der Waals surface area contributed by atoms with Crippen molar-refractivity contribution in [1.29, 1.82) is 0 Å². The Hall–Kier alpha value is -0.450. The third-order valence-electron chi connectivity index (χ3n) is 4.05. The Morgan fingerprint density at radius 3 is 3.00 bits per heavy atom. The molecule has 1 saturated heterocycles. The topological polar surface area (TPSA) is 48.1 Å². The number of thiazole rings is 1. The summed E-state index contributed by atoms with van der Waals surface area (Å²) in [6.07, 6.45) is 4.86. The molecule has 2 N–H and O–H groups in total. The lowest BCUT2D eigenvalue weighted by atomic mass is 9.67. The second-order valence-corrected chi connectivity index (χ2v) is 5.86. The summed E-state index contributed by atoms with van der Waals surface area (Å²) >= 11 is 1.79. The molecule has 1 aromatic rings. The molecule has 3 rings (SSSR count). The Kier molecular flexibility index (Phi) is 2.73. The van der Waals surface area contributed by atoms with Gasteiger partial charge < -0.3 is 10.5 Å². The van der Waals surface area contributed by atoms with Gasteiger partial charge in [-0.05, 0) is 19.3 Å². The summed E-state index contributed by atoms with van der Waals surface area (Å²) in [4.78, 5) is 4.82. The molecule has 0 aromatic carbocycles. The summed E-state index contributed by atoms with van der Waals surface area (Å²) in [6, 6.07) is 0. The Balaban J connectivity index is 1.81. The first kappa shape index (κ1) is 10.7. The summed E-state index contributed by atoms with van der Waals surface area (Å²) in [7, 11) is 0. The van der Waals surface area contributed by atoms with Crippen LogP contribution in [0.1, 0.15) is 42.3 Å². The zero-order valence-corrected chi connectivity index (χ0v) is 10.3. The fourth-order valence-electron chi connectivity index (χ4n) is 2.62. The van der Waals surface area contributed by atoms with Gasteiger partial charge >= 0.3 is 0 Å². The molecule has 2 aliphatic rings. The van der Waals surface area contributed by atoms with Gasteiger partial charge in [0.25, 0.3) is 0 Å². The lowest BCUT2D eigenvalue weighted by Gasteiger charge is -2.39. The summed E-state index contributed by atoms with van der Waals surface area (Å²) < 4.78 is 5.41. The maximum atomic E-state index is 5.90. The molecule has 1 aliphatic heterocycles. The van der Waals surface area contributed by atoms with Gasteiger partial charge in [0.15, 0.2) is 0 Å². The normalized spacial score (nSPS) is 27.9. The molecule has 2 fully saturated rings. The Bertz CT molecular complexity index is 361. The van der Waals surface area contributed by atoms with E-state index in [9.17, 15) is 0 Å². The molecule has 1 aliphatic carbocycles. The number of rotatable bonds is 3. The zero-order valence-electron chi connectivity index (χ0n) is 9.45. The van der Waals surface area contributed by atoms with Crippen molar-refractivity contribution in [3.63, 3.8) is 0 Å². The van der Waals surface area contributed by atoms with Gasteiger partial charge in [-0.25, -0.2) is 4.98 Å². The van der Waals surface area contributed by atoms with Crippen LogP contribution in [0.3, 0.4) is 0 Å². The lowest BCUT2D eigenvalue weighted by molar-refractivity contribution is 0.193. The molecule has 16 heavy (non-hydrogen) atoms. The highest BCUT2D eigenvalue weighted by molar-refractivity contribution is 7.09. The predicted molar refractivity (Wildman–Crippen MR) is 64.9 cm³/mol. The number of nitrogens with zero attached hydrogens (tertiary/aromatic N) is 1. The first-order valence-corrected chi connectivity index (χ1v) is 6.96. The minimum Gasteiger partial charge on any atom is -0.381 e. The Morgan fingerprint density at radius 2 is 2.44 bits per heavy atom. The SMILES string of the molecule is NCC1(c2csc(C3CCOC3)n2)CCC1. The van der Waals surface area contributed by atoms with Crippen molar-refractivity contribution < 1.29 is 4.74 Å². The van der Waals surface area contributed by atoms with Gasteiger partial charge in [-0.15, -0.1) is 11.3 Å². The Labute approximate surface area is 100 Å². The summed E-state index contributed by atoms with van der Waals surface area (Å²) in [5.41, 5.74) is 7.36. The molecule has 1 unspecified atom stereocenters. The van der Waals surface area contributed by atoms with Crippen LogP contribution in [-0.4, -0.2) is 24.7 Å². The van der Waals surface area contributed by atoms with Crippen LogP contribution < -0.4 is 5.73 Å². The quantitative estimate of drug-likeness (QED) is 0.876. The minimum atomic E-state index is 0.216. The smallest absolute Gasteiger partial charge is 0.0983 e. The maximum absolute atomic E-state index is 5.90. The third-order valence-corrected chi connectivity index (χ3v) is 5.05. The highest BCUT2D eigenvalue weighted by atomic mass is 32.1. The van der Waals surface area contributed by atoms with Gasteiger partial charge in [0, 0.05) is 29.9 Å². The van der Waals surface area contributed by atoms with Gasteiger partial charge in [0.2, 0.25) is 0 Å². The zero-order chi connectivity index (χ0) is 11.0. The largest absolute Gasteiger partial charge is 0.381 e. The second kappa shape index (κ2) is 4.09. The molecular weight excluding hydrogens is 220 g/mol. The van der Waals surface area contributed by atoms with Crippen molar-refractivity contribution in [1.82, 2.24) is 4.98 Å². The van der Waals surface area contributed by atoms with Crippen LogP contribution in [0.25, 0.3) is 0 Å². The van der Waals surface area contributed by atoms with Gasteiger partial charge in [-0.1, -0.05) is 6.42 Å². The molecular formula is C12H18N2OS.